The van der Waals surface area contributed by atoms with E-state index in [0.717, 1.165) is 18.9 Å². The monoisotopic (exact) mass is 235 g/mol. The van der Waals surface area contributed by atoms with Gasteiger partial charge in [-0.25, -0.2) is 9.97 Å². The van der Waals surface area contributed by atoms with E-state index in [1.807, 2.05) is 0 Å². The average Bonchev–Trinajstić information content (AvgIpc) is 3.19. The van der Waals surface area contributed by atoms with Crippen molar-refractivity contribution in [3.8, 4) is 0 Å². The van der Waals surface area contributed by atoms with Crippen molar-refractivity contribution in [3.63, 3.8) is 0 Å². The van der Waals surface area contributed by atoms with Gasteiger partial charge in [0.25, 0.3) is 0 Å². The van der Waals surface area contributed by atoms with E-state index in [9.17, 15) is 0 Å². The second-order valence-electron chi connectivity index (χ2n) is 4.21. The van der Waals surface area contributed by atoms with Gasteiger partial charge >= 0.3 is 0 Å². The van der Waals surface area contributed by atoms with E-state index in [2.05, 4.69) is 20.0 Å². The molecule has 0 bridgehead atoms. The van der Waals surface area contributed by atoms with Crippen molar-refractivity contribution in [1.29, 1.82) is 0 Å². The zero-order valence-corrected chi connectivity index (χ0v) is 9.66. The van der Waals surface area contributed by atoms with E-state index in [4.69, 9.17) is 10.9 Å². The van der Waals surface area contributed by atoms with Gasteiger partial charge in [0.2, 0.25) is 0 Å². The molecule has 1 heterocycles. The maximum absolute atomic E-state index is 8.51. The molecule has 0 amide bonds. The van der Waals surface area contributed by atoms with Crippen LogP contribution < -0.4 is 5.73 Å². The molecule has 92 valence electrons. The predicted octanol–water partition coefficient (Wildman–Crippen LogP) is 0.577. The fraction of sp³-hybridized carbons (Fsp3) is 0.545. The van der Waals surface area contributed by atoms with E-state index in [1.165, 1.54) is 12.8 Å². The van der Waals surface area contributed by atoms with E-state index in [1.54, 1.807) is 18.5 Å². The Labute approximate surface area is 100 Å². The van der Waals surface area contributed by atoms with Gasteiger partial charge in [-0.1, -0.05) is 5.16 Å². The molecule has 2 rings (SSSR count). The first-order valence-electron chi connectivity index (χ1n) is 5.76. The molecule has 0 spiro atoms. The van der Waals surface area contributed by atoms with Crippen molar-refractivity contribution in [1.82, 2.24) is 14.9 Å². The van der Waals surface area contributed by atoms with Gasteiger partial charge in [-0.15, -0.1) is 0 Å². The molecule has 0 unspecified atom stereocenters. The zero-order chi connectivity index (χ0) is 12.1. The lowest BCUT2D eigenvalue weighted by atomic mass is 10.3. The fourth-order valence-electron chi connectivity index (χ4n) is 1.73. The SMILES string of the molecule is N/C(CCN(Cc1ncccn1)C1CC1)=N\O. The summed E-state index contributed by atoms with van der Waals surface area (Å²) in [5, 5.41) is 11.5. The van der Waals surface area contributed by atoms with Gasteiger partial charge in [0.05, 0.1) is 6.54 Å². The second-order valence-corrected chi connectivity index (χ2v) is 4.21. The minimum Gasteiger partial charge on any atom is -0.409 e. The number of hydrogen-bond donors (Lipinski definition) is 2. The van der Waals surface area contributed by atoms with Gasteiger partial charge in [-0.3, -0.25) is 4.90 Å². The summed E-state index contributed by atoms with van der Waals surface area (Å²) in [6, 6.07) is 2.41. The molecule has 0 aromatic carbocycles. The van der Waals surface area contributed by atoms with Crippen LogP contribution in [-0.4, -0.2) is 38.5 Å². The summed E-state index contributed by atoms with van der Waals surface area (Å²) in [5.74, 6) is 1.09. The Bertz CT molecular complexity index is 377. The van der Waals surface area contributed by atoms with E-state index in [-0.39, 0.29) is 5.84 Å². The van der Waals surface area contributed by atoms with Crippen LogP contribution in [0, 0.1) is 0 Å². The third kappa shape index (κ3) is 3.67. The van der Waals surface area contributed by atoms with Gasteiger partial charge in [0.15, 0.2) is 0 Å². The summed E-state index contributed by atoms with van der Waals surface area (Å²) in [4.78, 5) is 10.7. The van der Waals surface area contributed by atoms with Crippen LogP contribution in [0.1, 0.15) is 25.1 Å². The van der Waals surface area contributed by atoms with Gasteiger partial charge in [0, 0.05) is 31.4 Å². The fourth-order valence-corrected chi connectivity index (χ4v) is 1.73. The molecule has 0 atom stereocenters. The minimum atomic E-state index is 0.268. The number of rotatable bonds is 6. The zero-order valence-electron chi connectivity index (χ0n) is 9.66. The minimum absolute atomic E-state index is 0.268. The molecule has 0 radical (unpaired) electrons. The van der Waals surface area contributed by atoms with Crippen molar-refractivity contribution in [2.45, 2.75) is 31.8 Å². The molecule has 1 aliphatic rings. The Kier molecular flexibility index (Phi) is 3.87. The van der Waals surface area contributed by atoms with Gasteiger partial charge in [0.1, 0.15) is 11.7 Å². The van der Waals surface area contributed by atoms with Crippen LogP contribution in [0.3, 0.4) is 0 Å². The lowest BCUT2D eigenvalue weighted by Gasteiger charge is -2.20. The Hall–Kier alpha value is -1.69. The molecule has 1 fully saturated rings. The standard InChI is InChI=1S/C11H17N5O/c12-10(15-17)4-7-16(9-2-3-9)8-11-13-5-1-6-14-11/h1,5-6,9,17H,2-4,7-8H2,(H2,12,15). The molecule has 0 aliphatic heterocycles. The first kappa shape index (κ1) is 11.8. The molecule has 0 saturated heterocycles. The summed E-state index contributed by atoms with van der Waals surface area (Å²) in [6.45, 7) is 1.50. The van der Waals surface area contributed by atoms with Crippen molar-refractivity contribution < 1.29 is 5.21 Å². The van der Waals surface area contributed by atoms with Crippen molar-refractivity contribution in [2.24, 2.45) is 10.9 Å². The van der Waals surface area contributed by atoms with Crippen molar-refractivity contribution in [3.05, 3.63) is 24.3 Å². The predicted molar refractivity (Wildman–Crippen MR) is 63.5 cm³/mol. The maximum Gasteiger partial charge on any atom is 0.142 e. The van der Waals surface area contributed by atoms with Gasteiger partial charge < -0.3 is 10.9 Å². The van der Waals surface area contributed by atoms with Crippen LogP contribution in [-0.2, 0) is 6.54 Å². The summed E-state index contributed by atoms with van der Waals surface area (Å²) < 4.78 is 0. The lowest BCUT2D eigenvalue weighted by Crippen LogP contribution is -2.30. The van der Waals surface area contributed by atoms with Crippen LogP contribution in [0.5, 0.6) is 0 Å². The highest BCUT2D eigenvalue weighted by Gasteiger charge is 2.29. The summed E-state index contributed by atoms with van der Waals surface area (Å²) in [7, 11) is 0. The topological polar surface area (TPSA) is 87.6 Å². The van der Waals surface area contributed by atoms with Crippen molar-refractivity contribution >= 4 is 5.84 Å². The first-order valence-corrected chi connectivity index (χ1v) is 5.76. The number of hydrogen-bond acceptors (Lipinski definition) is 5. The average molecular weight is 235 g/mol. The first-order chi connectivity index (χ1) is 8.29. The quantitative estimate of drug-likeness (QED) is 0.326. The van der Waals surface area contributed by atoms with Crippen molar-refractivity contribution in [2.75, 3.05) is 6.54 Å². The normalized spacial score (nSPS) is 16.4. The van der Waals surface area contributed by atoms with Gasteiger partial charge in [-0.05, 0) is 18.9 Å². The number of amidine groups is 1. The largest absolute Gasteiger partial charge is 0.409 e. The summed E-state index contributed by atoms with van der Waals surface area (Å²) >= 11 is 0. The second kappa shape index (κ2) is 5.58. The van der Waals surface area contributed by atoms with Crippen LogP contribution in [0.25, 0.3) is 0 Å². The Morgan fingerprint density at radius 1 is 1.47 bits per heavy atom. The molecule has 1 saturated carbocycles. The molecule has 3 N–H and O–H groups in total. The molecule has 1 aromatic rings. The summed E-state index contributed by atoms with van der Waals surface area (Å²) in [5.41, 5.74) is 5.48. The Balaban J connectivity index is 1.89. The van der Waals surface area contributed by atoms with Crippen LogP contribution in [0.4, 0.5) is 0 Å². The Morgan fingerprint density at radius 2 is 2.18 bits per heavy atom. The van der Waals surface area contributed by atoms with Crippen LogP contribution in [0.2, 0.25) is 0 Å². The molecule has 6 nitrogen and oxygen atoms in total. The molecule has 17 heavy (non-hydrogen) atoms. The highest BCUT2D eigenvalue weighted by molar-refractivity contribution is 5.79. The molecule has 6 heteroatoms. The summed E-state index contributed by atoms with van der Waals surface area (Å²) in [6.07, 6.45) is 6.49. The number of nitrogens with two attached hydrogens (primary N) is 1. The molecular weight excluding hydrogens is 218 g/mol. The number of nitrogens with zero attached hydrogens (tertiary/aromatic N) is 4. The highest BCUT2D eigenvalue weighted by atomic mass is 16.4. The number of aromatic nitrogens is 2. The smallest absolute Gasteiger partial charge is 0.142 e. The molecule has 1 aromatic heterocycles. The van der Waals surface area contributed by atoms with Gasteiger partial charge in [-0.2, -0.15) is 0 Å². The maximum atomic E-state index is 8.51. The van der Waals surface area contributed by atoms with E-state index < -0.39 is 0 Å². The van der Waals surface area contributed by atoms with Crippen LogP contribution >= 0.6 is 0 Å². The van der Waals surface area contributed by atoms with E-state index in [0.29, 0.717) is 12.5 Å². The molecular formula is C11H17N5O. The highest BCUT2D eigenvalue weighted by Crippen LogP contribution is 2.27. The van der Waals surface area contributed by atoms with Crippen LogP contribution in [0.15, 0.2) is 23.6 Å². The lowest BCUT2D eigenvalue weighted by molar-refractivity contribution is 0.253. The Morgan fingerprint density at radius 3 is 2.76 bits per heavy atom. The third-order valence-corrected chi connectivity index (χ3v) is 2.81. The third-order valence-electron chi connectivity index (χ3n) is 2.81. The molecule has 1 aliphatic carbocycles. The van der Waals surface area contributed by atoms with E-state index >= 15 is 0 Å². The number of oxime groups is 1.